The van der Waals surface area contributed by atoms with Crippen molar-refractivity contribution in [3.63, 3.8) is 0 Å². The highest BCUT2D eigenvalue weighted by Gasteiger charge is 2.27. The van der Waals surface area contributed by atoms with Crippen molar-refractivity contribution in [3.05, 3.63) is 16.9 Å². The van der Waals surface area contributed by atoms with Crippen LogP contribution in [0.25, 0.3) is 0 Å². The second-order valence-electron chi connectivity index (χ2n) is 2.53. The van der Waals surface area contributed by atoms with Crippen molar-refractivity contribution in [2.24, 2.45) is 5.14 Å². The third-order valence-electron chi connectivity index (χ3n) is 1.51. The molecule has 0 aliphatic rings. The molecule has 0 aromatic carbocycles. The Hall–Kier alpha value is -0.990. The van der Waals surface area contributed by atoms with Crippen molar-refractivity contribution < 1.29 is 22.3 Å². The number of halogens is 3. The SMILES string of the molecule is NS(=O)(=O)c1c(C(F)F)cnc(Cl)c1O. The van der Waals surface area contributed by atoms with E-state index >= 15 is 0 Å². The predicted molar refractivity (Wildman–Crippen MR) is 47.2 cm³/mol. The highest BCUT2D eigenvalue weighted by atomic mass is 35.5. The van der Waals surface area contributed by atoms with Crippen molar-refractivity contribution in [1.82, 2.24) is 4.98 Å². The summed E-state index contributed by atoms with van der Waals surface area (Å²) >= 11 is 5.27. The van der Waals surface area contributed by atoms with Crippen molar-refractivity contribution in [1.29, 1.82) is 0 Å². The lowest BCUT2D eigenvalue weighted by molar-refractivity contribution is 0.146. The molecule has 84 valence electrons. The first-order valence-corrected chi connectivity index (χ1v) is 5.36. The largest absolute Gasteiger partial charge is 0.504 e. The fraction of sp³-hybridized carbons (Fsp3) is 0.167. The van der Waals surface area contributed by atoms with E-state index < -0.39 is 37.8 Å². The number of aromatic hydroxyl groups is 1. The first-order chi connectivity index (χ1) is 6.75. The van der Waals surface area contributed by atoms with Crippen LogP contribution in [0.2, 0.25) is 5.15 Å². The molecule has 1 aromatic heterocycles. The van der Waals surface area contributed by atoms with Gasteiger partial charge in [0.15, 0.2) is 10.9 Å². The number of nitrogens with zero attached hydrogens (tertiary/aromatic N) is 1. The Labute approximate surface area is 88.5 Å². The van der Waals surface area contributed by atoms with Crippen LogP contribution in [-0.2, 0) is 10.0 Å². The van der Waals surface area contributed by atoms with Gasteiger partial charge in [0.2, 0.25) is 10.0 Å². The summed E-state index contributed by atoms with van der Waals surface area (Å²) in [5.41, 5.74) is -0.987. The Kier molecular flexibility index (Phi) is 3.12. The van der Waals surface area contributed by atoms with Crippen LogP contribution in [0.1, 0.15) is 12.0 Å². The van der Waals surface area contributed by atoms with Crippen molar-refractivity contribution in [3.8, 4) is 5.75 Å². The van der Waals surface area contributed by atoms with Crippen LogP contribution in [0.3, 0.4) is 0 Å². The van der Waals surface area contributed by atoms with E-state index in [2.05, 4.69) is 10.1 Å². The molecule has 0 amide bonds. The van der Waals surface area contributed by atoms with E-state index in [1.807, 2.05) is 0 Å². The van der Waals surface area contributed by atoms with Crippen LogP contribution in [0.15, 0.2) is 11.1 Å². The van der Waals surface area contributed by atoms with E-state index in [-0.39, 0.29) is 0 Å². The minimum absolute atomic E-state index is 0.548. The first-order valence-electron chi connectivity index (χ1n) is 3.43. The average molecular weight is 259 g/mol. The fourth-order valence-corrected chi connectivity index (χ4v) is 1.97. The van der Waals surface area contributed by atoms with E-state index in [1.165, 1.54) is 0 Å². The summed E-state index contributed by atoms with van der Waals surface area (Å²) in [6.45, 7) is 0. The molecule has 0 saturated carbocycles. The molecule has 1 aromatic rings. The smallest absolute Gasteiger partial charge is 0.266 e. The summed E-state index contributed by atoms with van der Waals surface area (Å²) in [7, 11) is -4.49. The lowest BCUT2D eigenvalue weighted by Gasteiger charge is -2.08. The van der Waals surface area contributed by atoms with Gasteiger partial charge >= 0.3 is 0 Å². The number of aromatic nitrogens is 1. The molecule has 0 radical (unpaired) electrons. The van der Waals surface area contributed by atoms with Crippen molar-refractivity contribution in [2.75, 3.05) is 0 Å². The Morgan fingerprint density at radius 2 is 2.07 bits per heavy atom. The van der Waals surface area contributed by atoms with Gasteiger partial charge in [-0.15, -0.1) is 0 Å². The highest BCUT2D eigenvalue weighted by molar-refractivity contribution is 7.89. The van der Waals surface area contributed by atoms with Gasteiger partial charge in [-0.3, -0.25) is 0 Å². The van der Waals surface area contributed by atoms with Gasteiger partial charge < -0.3 is 5.11 Å². The maximum absolute atomic E-state index is 12.4. The molecule has 15 heavy (non-hydrogen) atoms. The third-order valence-corrected chi connectivity index (χ3v) is 2.78. The molecule has 3 N–H and O–H groups in total. The fourth-order valence-electron chi connectivity index (χ4n) is 0.931. The Morgan fingerprint density at radius 1 is 1.53 bits per heavy atom. The molecular weight excluding hydrogens is 254 g/mol. The zero-order valence-electron chi connectivity index (χ0n) is 6.99. The maximum Gasteiger partial charge on any atom is 0.266 e. The van der Waals surface area contributed by atoms with Gasteiger partial charge in [0.05, 0.1) is 5.56 Å². The summed E-state index contributed by atoms with van der Waals surface area (Å²) in [5.74, 6) is -1.07. The number of hydrogen-bond donors (Lipinski definition) is 2. The zero-order chi connectivity index (χ0) is 11.8. The molecule has 0 spiro atoms. The molecule has 0 saturated heterocycles. The zero-order valence-corrected chi connectivity index (χ0v) is 8.56. The molecule has 0 aliphatic heterocycles. The molecule has 9 heteroatoms. The van der Waals surface area contributed by atoms with Gasteiger partial charge in [-0.2, -0.15) is 0 Å². The number of hydrogen-bond acceptors (Lipinski definition) is 4. The topological polar surface area (TPSA) is 93.3 Å². The lowest BCUT2D eigenvalue weighted by Crippen LogP contribution is -2.15. The number of pyridine rings is 1. The normalized spacial score (nSPS) is 12.1. The van der Waals surface area contributed by atoms with Crippen LogP contribution in [0.4, 0.5) is 8.78 Å². The molecule has 0 atom stereocenters. The standard InChI is InChI=1S/C6H5ClF2N2O3S/c7-5-3(12)4(15(10,13)14)2(1-11-5)6(8)9/h1,6,12H,(H2,10,13,14). The second-order valence-corrected chi connectivity index (χ2v) is 4.38. The number of rotatable bonds is 2. The van der Waals surface area contributed by atoms with E-state index in [4.69, 9.17) is 11.6 Å². The molecular formula is C6H5ClF2N2O3S. The third kappa shape index (κ3) is 2.33. The van der Waals surface area contributed by atoms with Crippen LogP contribution in [0.5, 0.6) is 5.75 Å². The summed E-state index contributed by atoms with van der Waals surface area (Å²) in [4.78, 5) is 2.09. The van der Waals surface area contributed by atoms with Gasteiger partial charge in [-0.1, -0.05) is 11.6 Å². The summed E-state index contributed by atoms with van der Waals surface area (Å²) < 4.78 is 46.6. The molecule has 0 fully saturated rings. The lowest BCUT2D eigenvalue weighted by atomic mass is 10.3. The van der Waals surface area contributed by atoms with Gasteiger partial charge in [-0.05, 0) is 0 Å². The van der Waals surface area contributed by atoms with Crippen molar-refractivity contribution in [2.45, 2.75) is 11.3 Å². The summed E-state index contributed by atoms with van der Waals surface area (Å²) in [5, 5.41) is 13.2. The number of alkyl halides is 2. The molecule has 0 unspecified atom stereocenters. The molecule has 1 heterocycles. The first kappa shape index (κ1) is 12.1. The van der Waals surface area contributed by atoms with Gasteiger partial charge in [0, 0.05) is 6.20 Å². The number of primary sulfonamides is 1. The second kappa shape index (κ2) is 3.87. The minimum atomic E-state index is -4.49. The van der Waals surface area contributed by atoms with E-state index in [9.17, 15) is 22.3 Å². The Morgan fingerprint density at radius 3 is 2.47 bits per heavy atom. The Balaban J connectivity index is 3.65. The molecule has 1 rings (SSSR count). The van der Waals surface area contributed by atoms with Gasteiger partial charge in [-0.25, -0.2) is 27.3 Å². The Bertz CT molecular complexity index is 491. The molecule has 0 aliphatic carbocycles. The van der Waals surface area contributed by atoms with Gasteiger partial charge in [0.1, 0.15) is 4.90 Å². The van der Waals surface area contributed by atoms with E-state index in [0.717, 1.165) is 0 Å². The maximum atomic E-state index is 12.4. The quantitative estimate of drug-likeness (QED) is 0.775. The molecule has 5 nitrogen and oxygen atoms in total. The highest BCUT2D eigenvalue weighted by Crippen LogP contribution is 2.35. The van der Waals surface area contributed by atoms with Crippen LogP contribution in [-0.4, -0.2) is 18.5 Å². The van der Waals surface area contributed by atoms with E-state index in [1.54, 1.807) is 0 Å². The summed E-state index contributed by atoms with van der Waals surface area (Å²) in [6, 6.07) is 0. The van der Waals surface area contributed by atoms with Crippen molar-refractivity contribution >= 4 is 21.6 Å². The number of sulfonamides is 1. The average Bonchev–Trinajstić information content (AvgIpc) is 2.06. The molecule has 0 bridgehead atoms. The van der Waals surface area contributed by atoms with Gasteiger partial charge in [0.25, 0.3) is 6.43 Å². The van der Waals surface area contributed by atoms with Crippen LogP contribution >= 0.6 is 11.6 Å². The van der Waals surface area contributed by atoms with E-state index in [0.29, 0.717) is 6.20 Å². The van der Waals surface area contributed by atoms with Crippen LogP contribution in [0, 0.1) is 0 Å². The minimum Gasteiger partial charge on any atom is -0.504 e. The van der Waals surface area contributed by atoms with Crippen LogP contribution < -0.4 is 5.14 Å². The monoisotopic (exact) mass is 258 g/mol. The predicted octanol–water partition coefficient (Wildman–Crippen LogP) is 1.03. The summed E-state index contributed by atoms with van der Waals surface area (Å²) in [6.07, 6.45) is -2.58. The number of nitrogens with two attached hydrogens (primary N) is 1.